The molecule has 94 valence electrons. The van der Waals surface area contributed by atoms with Gasteiger partial charge in [-0.15, -0.1) is 0 Å². The summed E-state index contributed by atoms with van der Waals surface area (Å²) in [5.74, 6) is -0.451. The van der Waals surface area contributed by atoms with Gasteiger partial charge in [0, 0.05) is 12.7 Å². The number of carbonyl (C=O) groups is 1. The van der Waals surface area contributed by atoms with Crippen molar-refractivity contribution in [2.24, 2.45) is 0 Å². The van der Waals surface area contributed by atoms with Gasteiger partial charge in [-0.3, -0.25) is 4.79 Å². The van der Waals surface area contributed by atoms with E-state index in [9.17, 15) is 18.0 Å². The SMILES string of the molecule is COC(=O)CN(C)c1ccc(C(F)(F)F)cc1. The highest BCUT2D eigenvalue weighted by Crippen LogP contribution is 2.30. The van der Waals surface area contributed by atoms with Gasteiger partial charge in [-0.2, -0.15) is 13.2 Å². The first-order valence-corrected chi connectivity index (χ1v) is 4.80. The molecule has 0 bridgehead atoms. The van der Waals surface area contributed by atoms with Gasteiger partial charge in [0.15, 0.2) is 0 Å². The van der Waals surface area contributed by atoms with Crippen LogP contribution in [-0.4, -0.2) is 26.7 Å². The van der Waals surface area contributed by atoms with Crippen molar-refractivity contribution in [3.63, 3.8) is 0 Å². The Kier molecular flexibility index (Phi) is 3.98. The molecule has 0 atom stereocenters. The lowest BCUT2D eigenvalue weighted by molar-refractivity contribution is -0.139. The second-order valence-electron chi connectivity index (χ2n) is 3.48. The zero-order valence-corrected chi connectivity index (χ0v) is 9.41. The maximum absolute atomic E-state index is 12.3. The summed E-state index contributed by atoms with van der Waals surface area (Å²) in [6.45, 7) is -0.0120. The van der Waals surface area contributed by atoms with Crippen LogP contribution in [0.4, 0.5) is 18.9 Å². The summed E-state index contributed by atoms with van der Waals surface area (Å²) in [6, 6.07) is 4.57. The summed E-state index contributed by atoms with van der Waals surface area (Å²) in [4.78, 5) is 12.5. The smallest absolute Gasteiger partial charge is 0.416 e. The molecule has 0 saturated carbocycles. The van der Waals surface area contributed by atoms with Crippen molar-refractivity contribution in [2.45, 2.75) is 6.18 Å². The third-order valence-corrected chi connectivity index (χ3v) is 2.23. The van der Waals surface area contributed by atoms with E-state index in [0.717, 1.165) is 12.1 Å². The van der Waals surface area contributed by atoms with Crippen LogP contribution in [0.25, 0.3) is 0 Å². The molecule has 0 radical (unpaired) electrons. The Bertz CT molecular complexity index is 387. The second-order valence-corrected chi connectivity index (χ2v) is 3.48. The van der Waals surface area contributed by atoms with E-state index >= 15 is 0 Å². The number of esters is 1. The Morgan fingerprint density at radius 3 is 2.24 bits per heavy atom. The monoisotopic (exact) mass is 247 g/mol. The van der Waals surface area contributed by atoms with Gasteiger partial charge in [0.1, 0.15) is 6.54 Å². The molecule has 0 spiro atoms. The summed E-state index contributed by atoms with van der Waals surface area (Å²) in [5, 5.41) is 0. The molecule has 17 heavy (non-hydrogen) atoms. The first kappa shape index (κ1) is 13.3. The van der Waals surface area contributed by atoms with E-state index in [2.05, 4.69) is 4.74 Å². The van der Waals surface area contributed by atoms with Crippen molar-refractivity contribution in [3.05, 3.63) is 29.8 Å². The number of ether oxygens (including phenoxy) is 1. The number of rotatable bonds is 3. The Morgan fingerprint density at radius 1 is 1.29 bits per heavy atom. The van der Waals surface area contributed by atoms with Crippen molar-refractivity contribution in [1.82, 2.24) is 0 Å². The van der Waals surface area contributed by atoms with E-state index in [4.69, 9.17) is 0 Å². The molecule has 0 fully saturated rings. The Morgan fingerprint density at radius 2 is 1.82 bits per heavy atom. The minimum Gasteiger partial charge on any atom is -0.468 e. The van der Waals surface area contributed by atoms with E-state index in [1.165, 1.54) is 24.1 Å². The van der Waals surface area contributed by atoms with Crippen molar-refractivity contribution in [2.75, 3.05) is 25.6 Å². The van der Waals surface area contributed by atoms with Crippen molar-refractivity contribution in [1.29, 1.82) is 0 Å². The van der Waals surface area contributed by atoms with Crippen LogP contribution in [-0.2, 0) is 15.7 Å². The van der Waals surface area contributed by atoms with E-state index < -0.39 is 17.7 Å². The van der Waals surface area contributed by atoms with E-state index in [1.807, 2.05) is 0 Å². The summed E-state index contributed by atoms with van der Waals surface area (Å²) in [6.07, 6.45) is -4.35. The molecule has 3 nitrogen and oxygen atoms in total. The molecule has 0 N–H and O–H groups in total. The molecule has 0 saturated heterocycles. The fourth-order valence-corrected chi connectivity index (χ4v) is 1.25. The van der Waals surface area contributed by atoms with Crippen LogP contribution in [0.2, 0.25) is 0 Å². The molecule has 0 heterocycles. The summed E-state index contributed by atoms with van der Waals surface area (Å²) in [5.41, 5.74) is -0.198. The Labute approximate surface area is 96.8 Å². The van der Waals surface area contributed by atoms with Crippen molar-refractivity contribution in [3.8, 4) is 0 Å². The highest BCUT2D eigenvalue weighted by atomic mass is 19.4. The summed E-state index contributed by atoms with van der Waals surface area (Å²) in [7, 11) is 2.85. The molecule has 0 aliphatic rings. The quantitative estimate of drug-likeness (QED) is 0.768. The fraction of sp³-hybridized carbons (Fsp3) is 0.364. The largest absolute Gasteiger partial charge is 0.468 e. The molecule has 1 aromatic carbocycles. The number of nitrogens with zero attached hydrogens (tertiary/aromatic N) is 1. The van der Waals surface area contributed by atoms with E-state index in [1.54, 1.807) is 7.05 Å². The van der Waals surface area contributed by atoms with Gasteiger partial charge in [0.2, 0.25) is 0 Å². The van der Waals surface area contributed by atoms with Gasteiger partial charge in [-0.05, 0) is 24.3 Å². The standard InChI is InChI=1S/C11H12F3NO2/c1-15(7-10(16)17-2)9-5-3-8(4-6-9)11(12,13)14/h3-6H,7H2,1-2H3. The number of carbonyl (C=O) groups excluding carboxylic acids is 1. The van der Waals surface area contributed by atoms with Gasteiger partial charge >= 0.3 is 12.1 Å². The first-order chi connectivity index (χ1) is 7.84. The summed E-state index contributed by atoms with van der Waals surface area (Å²) < 4.78 is 41.4. The van der Waals surface area contributed by atoms with E-state index in [0.29, 0.717) is 5.69 Å². The number of hydrogen-bond acceptors (Lipinski definition) is 3. The molecule has 1 rings (SSSR count). The van der Waals surface area contributed by atoms with Gasteiger partial charge in [0.05, 0.1) is 12.7 Å². The van der Waals surface area contributed by atoms with Crippen LogP contribution < -0.4 is 4.90 Å². The van der Waals surface area contributed by atoms with Gasteiger partial charge < -0.3 is 9.64 Å². The number of benzene rings is 1. The zero-order chi connectivity index (χ0) is 13.1. The van der Waals surface area contributed by atoms with E-state index in [-0.39, 0.29) is 6.54 Å². The third kappa shape index (κ3) is 3.65. The predicted octanol–water partition coefficient (Wildman–Crippen LogP) is 2.31. The Balaban J connectivity index is 2.77. The zero-order valence-electron chi connectivity index (χ0n) is 9.41. The number of halogens is 3. The van der Waals surface area contributed by atoms with Gasteiger partial charge in [-0.1, -0.05) is 0 Å². The maximum Gasteiger partial charge on any atom is 0.416 e. The molecule has 0 aromatic heterocycles. The Hall–Kier alpha value is -1.72. The van der Waals surface area contributed by atoms with Crippen molar-refractivity contribution < 1.29 is 22.7 Å². The number of likely N-dealkylation sites (N-methyl/N-ethyl adjacent to an activating group) is 1. The predicted molar refractivity (Wildman–Crippen MR) is 56.7 cm³/mol. The highest BCUT2D eigenvalue weighted by Gasteiger charge is 2.30. The van der Waals surface area contributed by atoms with Crippen LogP contribution in [0.1, 0.15) is 5.56 Å². The second kappa shape index (κ2) is 5.07. The van der Waals surface area contributed by atoms with Crippen LogP contribution in [0.5, 0.6) is 0 Å². The molecular weight excluding hydrogens is 235 g/mol. The lowest BCUT2D eigenvalue weighted by atomic mass is 10.2. The lowest BCUT2D eigenvalue weighted by Crippen LogP contribution is -2.26. The van der Waals surface area contributed by atoms with Gasteiger partial charge in [0.25, 0.3) is 0 Å². The molecule has 0 aliphatic heterocycles. The topological polar surface area (TPSA) is 29.5 Å². The van der Waals surface area contributed by atoms with Crippen LogP contribution in [0.3, 0.4) is 0 Å². The molecule has 1 aromatic rings. The molecule has 0 unspecified atom stereocenters. The average Bonchev–Trinajstić information content (AvgIpc) is 2.27. The number of hydrogen-bond donors (Lipinski definition) is 0. The lowest BCUT2D eigenvalue weighted by Gasteiger charge is -2.18. The minimum atomic E-state index is -4.35. The summed E-state index contributed by atoms with van der Waals surface area (Å²) >= 11 is 0. The van der Waals surface area contributed by atoms with Crippen LogP contribution in [0.15, 0.2) is 24.3 Å². The maximum atomic E-state index is 12.3. The van der Waals surface area contributed by atoms with Crippen LogP contribution >= 0.6 is 0 Å². The van der Waals surface area contributed by atoms with Gasteiger partial charge in [-0.25, -0.2) is 0 Å². The van der Waals surface area contributed by atoms with Crippen molar-refractivity contribution >= 4 is 11.7 Å². The number of alkyl halides is 3. The third-order valence-electron chi connectivity index (χ3n) is 2.23. The number of anilines is 1. The molecular formula is C11H12F3NO2. The van der Waals surface area contributed by atoms with Crippen LogP contribution in [0, 0.1) is 0 Å². The number of methoxy groups -OCH3 is 1. The first-order valence-electron chi connectivity index (χ1n) is 4.80. The molecule has 6 heteroatoms. The highest BCUT2D eigenvalue weighted by molar-refractivity contribution is 5.75. The normalized spacial score (nSPS) is 11.1. The average molecular weight is 247 g/mol. The molecule has 0 aliphatic carbocycles. The minimum absolute atomic E-state index is 0.0120. The fourth-order valence-electron chi connectivity index (χ4n) is 1.25. The molecule has 0 amide bonds.